The Morgan fingerprint density at radius 2 is 0.333 bits per heavy atom. The van der Waals surface area contributed by atoms with Crippen molar-refractivity contribution in [3.63, 3.8) is 0 Å². The van der Waals surface area contributed by atoms with Gasteiger partial charge < -0.3 is 0 Å². The van der Waals surface area contributed by atoms with Gasteiger partial charge in [-0.05, 0) is 27.7 Å². The third-order valence-electron chi connectivity index (χ3n) is 7.80. The van der Waals surface area contributed by atoms with Crippen molar-refractivity contribution in [3.8, 4) is 0 Å². The maximum absolute atomic E-state index is 15.8. The molecule has 4 aromatic rings. The molecule has 4 rings (SSSR count). The molecule has 0 saturated heterocycles. The second-order valence-corrected chi connectivity index (χ2v) is 10.0. The molecule has 0 atom stereocenters. The predicted octanol–water partition coefficient (Wildman–Crippen LogP) is 6.52. The molecule has 4 aromatic carbocycles. The SMILES string of the molecule is Cc1c(F)c(F)c([B-](c2c(F)c(F)c(C)c(F)c2F)(c2c(F)c(F)c(C)c(F)c2F)c2c(F)c(F)c(C)c(F)c2F)c(F)c1F. The molecule has 0 radical (unpaired) electrons. The van der Waals surface area contributed by atoms with Crippen molar-refractivity contribution in [2.24, 2.45) is 0 Å². The van der Waals surface area contributed by atoms with E-state index in [0.717, 1.165) is 0 Å². The van der Waals surface area contributed by atoms with Crippen LogP contribution in [0.3, 0.4) is 0 Å². The smallest absolute Gasteiger partial charge is 0.161 e. The minimum absolute atomic E-state index is 0.292. The summed E-state index contributed by atoms with van der Waals surface area (Å²) in [6, 6.07) is 0. The molecule has 0 N–H and O–H groups in total. The topological polar surface area (TPSA) is 0 Å². The van der Waals surface area contributed by atoms with Crippen molar-refractivity contribution in [3.05, 3.63) is 115 Å². The van der Waals surface area contributed by atoms with Gasteiger partial charge >= 0.3 is 0 Å². The van der Waals surface area contributed by atoms with Crippen LogP contribution in [0.4, 0.5) is 70.2 Å². The highest BCUT2D eigenvalue weighted by Crippen LogP contribution is 2.31. The van der Waals surface area contributed by atoms with Crippen LogP contribution in [0.5, 0.6) is 0 Å². The largest absolute Gasteiger partial charge is 0.207 e. The van der Waals surface area contributed by atoms with Crippen LogP contribution in [0.1, 0.15) is 22.3 Å². The molecule has 0 unspecified atom stereocenters. The summed E-state index contributed by atoms with van der Waals surface area (Å²) in [5.74, 6) is -45.7. The van der Waals surface area contributed by atoms with Gasteiger partial charge in [-0.25, -0.2) is 70.2 Å². The van der Waals surface area contributed by atoms with E-state index in [-0.39, 0.29) is 0 Å². The molecule has 0 amide bonds. The molecule has 0 heterocycles. The molecule has 0 aliphatic carbocycles. The normalized spacial score (nSPS) is 12.0. The Bertz CT molecular complexity index is 1570. The monoisotopic (exact) mass is 663 g/mol. The van der Waals surface area contributed by atoms with E-state index in [1.807, 2.05) is 0 Å². The summed E-state index contributed by atoms with van der Waals surface area (Å²) in [4.78, 5) is 0. The first kappa shape index (κ1) is 33.7. The van der Waals surface area contributed by atoms with Gasteiger partial charge in [0.05, 0.1) is 0 Å². The van der Waals surface area contributed by atoms with Crippen LogP contribution in [0.15, 0.2) is 0 Å². The zero-order valence-corrected chi connectivity index (χ0v) is 22.6. The van der Waals surface area contributed by atoms with Crippen molar-refractivity contribution in [1.29, 1.82) is 0 Å². The Kier molecular flexibility index (Phi) is 8.25. The number of rotatable bonds is 4. The van der Waals surface area contributed by atoms with Crippen LogP contribution in [-0.2, 0) is 0 Å². The zero-order chi connectivity index (χ0) is 34.4. The summed E-state index contributed by atoms with van der Waals surface area (Å²) < 4.78 is 247. The van der Waals surface area contributed by atoms with Gasteiger partial charge in [-0.2, -0.15) is 0 Å². The van der Waals surface area contributed by atoms with Crippen LogP contribution >= 0.6 is 0 Å². The lowest BCUT2D eigenvalue weighted by Gasteiger charge is -2.45. The molecule has 0 aromatic heterocycles. The predicted molar refractivity (Wildman–Crippen MR) is 128 cm³/mol. The molecule has 0 aliphatic heterocycles. The van der Waals surface area contributed by atoms with Gasteiger partial charge in [-0.1, -0.05) is 0 Å². The molecule has 0 nitrogen and oxygen atoms in total. The van der Waals surface area contributed by atoms with E-state index >= 15 is 70.2 Å². The molecule has 0 saturated carbocycles. The summed E-state index contributed by atoms with van der Waals surface area (Å²) in [7, 11) is 0. The second kappa shape index (κ2) is 11.0. The lowest BCUT2D eigenvalue weighted by molar-refractivity contribution is 0.443. The fraction of sp³-hybridized carbons (Fsp3) is 0.143. The highest BCUT2D eigenvalue weighted by atomic mass is 19.2. The van der Waals surface area contributed by atoms with Crippen LogP contribution < -0.4 is 21.9 Å². The average molecular weight is 663 g/mol. The Morgan fingerprint density at radius 3 is 0.444 bits per heavy atom. The van der Waals surface area contributed by atoms with Crippen molar-refractivity contribution < 1.29 is 70.2 Å². The van der Waals surface area contributed by atoms with E-state index in [9.17, 15) is 0 Å². The maximum Gasteiger partial charge on any atom is 0.161 e. The number of halogens is 16. The molecule has 0 aliphatic rings. The second-order valence-electron chi connectivity index (χ2n) is 10.0. The third-order valence-corrected chi connectivity index (χ3v) is 7.80. The Labute approximate surface area is 241 Å². The number of hydrogen-bond donors (Lipinski definition) is 0. The summed E-state index contributed by atoms with van der Waals surface area (Å²) in [6.45, 7) is 1.17. The van der Waals surface area contributed by atoms with Gasteiger partial charge in [-0.3, -0.25) is 0 Å². The Balaban J connectivity index is 2.69. The molecule has 0 spiro atoms. The van der Waals surface area contributed by atoms with Gasteiger partial charge in [0, 0.05) is 22.3 Å². The summed E-state index contributed by atoms with van der Waals surface area (Å²) in [6.07, 6.45) is -6.55. The highest BCUT2D eigenvalue weighted by molar-refractivity contribution is 7.20. The minimum Gasteiger partial charge on any atom is -0.207 e. The highest BCUT2D eigenvalue weighted by Gasteiger charge is 2.51. The minimum atomic E-state index is -6.55. The van der Waals surface area contributed by atoms with E-state index in [1.165, 1.54) is 0 Å². The third kappa shape index (κ3) is 4.25. The molecule has 17 heteroatoms. The van der Waals surface area contributed by atoms with E-state index in [4.69, 9.17) is 0 Å². The van der Waals surface area contributed by atoms with Crippen LogP contribution in [0, 0.1) is 121 Å². The Hall–Kier alpha value is -4.18. The van der Waals surface area contributed by atoms with Crippen molar-refractivity contribution in [1.82, 2.24) is 0 Å². The van der Waals surface area contributed by atoms with Gasteiger partial charge in [0.2, 0.25) is 0 Å². The van der Waals surface area contributed by atoms with E-state index in [1.54, 1.807) is 0 Å². The summed E-state index contributed by atoms with van der Waals surface area (Å²) in [5.41, 5.74) is -18.5. The molecule has 45 heavy (non-hydrogen) atoms. The van der Waals surface area contributed by atoms with E-state index in [2.05, 4.69) is 0 Å². The van der Waals surface area contributed by atoms with Gasteiger partial charge in [0.1, 0.15) is 52.7 Å². The first-order chi connectivity index (χ1) is 20.7. The van der Waals surface area contributed by atoms with E-state index in [0.29, 0.717) is 27.7 Å². The van der Waals surface area contributed by atoms with Crippen molar-refractivity contribution >= 4 is 28.0 Å². The maximum atomic E-state index is 15.8. The fourth-order valence-electron chi connectivity index (χ4n) is 5.42. The first-order valence-corrected chi connectivity index (χ1v) is 12.2. The lowest BCUT2D eigenvalue weighted by atomic mass is 9.12. The molecular weight excluding hydrogens is 651 g/mol. The standard InChI is InChI=1S/C28H12BF16/c1-5-13(30)21(38)9(22(39)14(5)31)29(10-23(40)15(32)6(2)16(33)24(10)41,11-25(42)17(34)7(3)18(35)26(11)43)12-27(44)19(36)8(4)20(37)28(12)45/h1-4H3/q-1. The number of benzene rings is 4. The summed E-state index contributed by atoms with van der Waals surface area (Å²) in [5, 5.41) is 0. The van der Waals surface area contributed by atoms with Gasteiger partial charge in [0.15, 0.2) is 46.5 Å². The average Bonchev–Trinajstić information content (AvgIpc) is 3.00. The zero-order valence-electron chi connectivity index (χ0n) is 22.6. The fourth-order valence-corrected chi connectivity index (χ4v) is 5.42. The molecule has 0 bridgehead atoms. The quantitative estimate of drug-likeness (QED) is 0.133. The Morgan fingerprint density at radius 1 is 0.222 bits per heavy atom. The van der Waals surface area contributed by atoms with Gasteiger partial charge in [-0.15, -0.1) is 21.9 Å². The lowest BCUT2D eigenvalue weighted by Crippen LogP contribution is -2.81. The number of hydrogen-bond acceptors (Lipinski definition) is 0. The summed E-state index contributed by atoms with van der Waals surface area (Å²) >= 11 is 0. The van der Waals surface area contributed by atoms with Crippen LogP contribution in [0.2, 0.25) is 0 Å². The van der Waals surface area contributed by atoms with E-state index < -0.39 is 143 Å². The molecular formula is C28H12BF16-. The molecule has 240 valence electrons. The van der Waals surface area contributed by atoms with Crippen LogP contribution in [-0.4, -0.2) is 6.15 Å². The van der Waals surface area contributed by atoms with Crippen LogP contribution in [0.25, 0.3) is 0 Å². The van der Waals surface area contributed by atoms with Crippen molar-refractivity contribution in [2.75, 3.05) is 0 Å². The molecule has 0 fully saturated rings. The first-order valence-electron chi connectivity index (χ1n) is 12.2. The van der Waals surface area contributed by atoms with Crippen molar-refractivity contribution in [2.45, 2.75) is 27.7 Å². The van der Waals surface area contributed by atoms with Gasteiger partial charge in [0.25, 0.3) is 0 Å².